The first-order valence-electron chi connectivity index (χ1n) is 8.53. The number of nitrogens with one attached hydrogen (secondary N) is 1. The molecule has 0 atom stereocenters. The van der Waals surface area contributed by atoms with Crippen molar-refractivity contribution in [1.29, 1.82) is 0 Å². The Morgan fingerprint density at radius 2 is 1.91 bits per heavy atom. The minimum Gasteiger partial charge on any atom is -0.350 e. The zero-order valence-corrected chi connectivity index (χ0v) is 13.5. The molecule has 2 aromatic rings. The van der Waals surface area contributed by atoms with Gasteiger partial charge in [0.25, 0.3) is 0 Å². The van der Waals surface area contributed by atoms with Crippen LogP contribution in [0.4, 0.5) is 0 Å². The standard InChI is InChI=1S/C19H26N2O/c1-21-14-17(16-10-6-7-11-18(16)21)19(22)13-20-12-15-8-4-2-3-5-9-15/h6-7,10-11,14-15,20H,2-5,8-9,12-13H2,1H3. The average Bonchev–Trinajstić information content (AvgIpc) is 2.71. The van der Waals surface area contributed by atoms with E-state index in [0.717, 1.165) is 28.9 Å². The van der Waals surface area contributed by atoms with Gasteiger partial charge in [-0.3, -0.25) is 4.79 Å². The summed E-state index contributed by atoms with van der Waals surface area (Å²) >= 11 is 0. The van der Waals surface area contributed by atoms with Crippen LogP contribution in [0, 0.1) is 5.92 Å². The smallest absolute Gasteiger partial charge is 0.178 e. The number of hydrogen-bond donors (Lipinski definition) is 1. The summed E-state index contributed by atoms with van der Waals surface area (Å²) in [6.45, 7) is 1.43. The zero-order valence-electron chi connectivity index (χ0n) is 13.5. The second kappa shape index (κ2) is 7.10. The van der Waals surface area contributed by atoms with E-state index in [9.17, 15) is 4.79 Å². The van der Waals surface area contributed by atoms with Crippen molar-refractivity contribution in [1.82, 2.24) is 9.88 Å². The van der Waals surface area contributed by atoms with Crippen molar-refractivity contribution in [3.05, 3.63) is 36.0 Å². The summed E-state index contributed by atoms with van der Waals surface area (Å²) in [5.74, 6) is 0.952. The number of carbonyl (C=O) groups excluding carboxylic acids is 1. The van der Waals surface area contributed by atoms with E-state index in [1.54, 1.807) is 0 Å². The first-order valence-corrected chi connectivity index (χ1v) is 8.53. The van der Waals surface area contributed by atoms with Gasteiger partial charge in [0, 0.05) is 29.7 Å². The molecule has 0 bridgehead atoms. The second-order valence-corrected chi connectivity index (χ2v) is 6.58. The number of ketones is 1. The van der Waals surface area contributed by atoms with Crippen LogP contribution in [0.25, 0.3) is 10.9 Å². The molecule has 0 aliphatic heterocycles. The molecule has 1 aliphatic rings. The van der Waals surface area contributed by atoms with Crippen LogP contribution in [0.15, 0.2) is 30.5 Å². The average molecular weight is 298 g/mol. The van der Waals surface area contributed by atoms with E-state index in [2.05, 4.69) is 11.4 Å². The normalized spacial score (nSPS) is 16.8. The maximum Gasteiger partial charge on any atom is 0.178 e. The van der Waals surface area contributed by atoms with Crippen molar-refractivity contribution in [3.63, 3.8) is 0 Å². The van der Waals surface area contributed by atoms with E-state index >= 15 is 0 Å². The molecule has 1 fully saturated rings. The van der Waals surface area contributed by atoms with Crippen LogP contribution in [-0.4, -0.2) is 23.4 Å². The Kier molecular flexibility index (Phi) is 4.94. The van der Waals surface area contributed by atoms with Crippen molar-refractivity contribution in [2.45, 2.75) is 38.5 Å². The fourth-order valence-corrected chi connectivity index (χ4v) is 3.62. The van der Waals surface area contributed by atoms with Crippen molar-refractivity contribution < 1.29 is 4.79 Å². The zero-order chi connectivity index (χ0) is 15.4. The van der Waals surface area contributed by atoms with E-state index in [4.69, 9.17) is 0 Å². The molecule has 0 saturated heterocycles. The maximum absolute atomic E-state index is 12.5. The van der Waals surface area contributed by atoms with E-state index in [1.807, 2.05) is 36.0 Å². The van der Waals surface area contributed by atoms with Gasteiger partial charge in [0.2, 0.25) is 0 Å². The largest absolute Gasteiger partial charge is 0.350 e. The van der Waals surface area contributed by atoms with Crippen molar-refractivity contribution in [3.8, 4) is 0 Å². The molecule has 3 rings (SSSR count). The number of rotatable bonds is 5. The third-order valence-electron chi connectivity index (χ3n) is 4.89. The van der Waals surface area contributed by atoms with Crippen molar-refractivity contribution in [2.24, 2.45) is 13.0 Å². The number of aryl methyl sites for hydroxylation is 1. The van der Waals surface area contributed by atoms with Crippen LogP contribution in [-0.2, 0) is 7.05 Å². The number of hydrogen-bond acceptors (Lipinski definition) is 2. The molecule has 1 aromatic carbocycles. The molecule has 1 N–H and O–H groups in total. The van der Waals surface area contributed by atoms with E-state index in [-0.39, 0.29) is 5.78 Å². The van der Waals surface area contributed by atoms with Gasteiger partial charge in [-0.05, 0) is 31.4 Å². The van der Waals surface area contributed by atoms with Crippen molar-refractivity contribution >= 4 is 16.7 Å². The molecule has 1 aliphatic carbocycles. The Morgan fingerprint density at radius 1 is 1.18 bits per heavy atom. The fourth-order valence-electron chi connectivity index (χ4n) is 3.62. The second-order valence-electron chi connectivity index (χ2n) is 6.58. The third kappa shape index (κ3) is 3.41. The summed E-state index contributed by atoms with van der Waals surface area (Å²) in [6.07, 6.45) is 10.1. The van der Waals surface area contributed by atoms with Crippen LogP contribution in [0.3, 0.4) is 0 Å². The molecular formula is C19H26N2O. The highest BCUT2D eigenvalue weighted by Gasteiger charge is 2.15. The number of fused-ring (bicyclic) bond motifs is 1. The molecule has 1 saturated carbocycles. The van der Waals surface area contributed by atoms with Crippen LogP contribution < -0.4 is 5.32 Å². The van der Waals surface area contributed by atoms with Crippen molar-refractivity contribution in [2.75, 3.05) is 13.1 Å². The van der Waals surface area contributed by atoms with Gasteiger partial charge >= 0.3 is 0 Å². The Labute approximate surface area is 132 Å². The number of carbonyl (C=O) groups is 1. The first kappa shape index (κ1) is 15.3. The Bertz CT molecular complexity index is 636. The summed E-state index contributed by atoms with van der Waals surface area (Å²) in [4.78, 5) is 12.5. The lowest BCUT2D eigenvalue weighted by molar-refractivity contribution is 0.0991. The number of Topliss-reactive ketones (excluding diaryl/α,β-unsaturated/α-hetero) is 1. The first-order chi connectivity index (χ1) is 10.8. The molecule has 0 spiro atoms. The third-order valence-corrected chi connectivity index (χ3v) is 4.89. The lowest BCUT2D eigenvalue weighted by Gasteiger charge is -2.14. The highest BCUT2D eigenvalue weighted by Crippen LogP contribution is 2.22. The molecule has 118 valence electrons. The number of nitrogens with zero attached hydrogens (tertiary/aromatic N) is 1. The summed E-state index contributed by atoms with van der Waals surface area (Å²) in [5, 5.41) is 4.46. The molecule has 1 aromatic heterocycles. The minimum atomic E-state index is 0.199. The minimum absolute atomic E-state index is 0.199. The Balaban J connectivity index is 1.59. The van der Waals surface area contributed by atoms with Gasteiger partial charge in [-0.1, -0.05) is 43.9 Å². The lowest BCUT2D eigenvalue weighted by Crippen LogP contribution is -2.28. The van der Waals surface area contributed by atoms with Crippen LogP contribution >= 0.6 is 0 Å². The number of aromatic nitrogens is 1. The van der Waals surface area contributed by atoms with Gasteiger partial charge in [-0.15, -0.1) is 0 Å². The van der Waals surface area contributed by atoms with Gasteiger partial charge in [-0.2, -0.15) is 0 Å². The van der Waals surface area contributed by atoms with Gasteiger partial charge < -0.3 is 9.88 Å². The Morgan fingerprint density at radius 3 is 2.68 bits per heavy atom. The Hall–Kier alpha value is -1.61. The predicted molar refractivity (Wildman–Crippen MR) is 91.3 cm³/mol. The molecule has 3 heteroatoms. The molecule has 0 unspecified atom stereocenters. The van der Waals surface area contributed by atoms with Gasteiger partial charge in [0.15, 0.2) is 5.78 Å². The quantitative estimate of drug-likeness (QED) is 0.670. The van der Waals surface area contributed by atoms with Crippen LogP contribution in [0.1, 0.15) is 48.9 Å². The predicted octanol–water partition coefficient (Wildman–Crippen LogP) is 3.92. The SMILES string of the molecule is Cn1cc(C(=O)CNCC2CCCCCC2)c2ccccc21. The lowest BCUT2D eigenvalue weighted by atomic mass is 10.0. The van der Waals surface area contributed by atoms with E-state index in [0.29, 0.717) is 6.54 Å². The molecule has 0 radical (unpaired) electrons. The highest BCUT2D eigenvalue weighted by molar-refractivity contribution is 6.09. The van der Waals surface area contributed by atoms with E-state index < -0.39 is 0 Å². The van der Waals surface area contributed by atoms with Gasteiger partial charge in [0.1, 0.15) is 0 Å². The summed E-state index contributed by atoms with van der Waals surface area (Å²) < 4.78 is 2.04. The topological polar surface area (TPSA) is 34.0 Å². The maximum atomic E-state index is 12.5. The van der Waals surface area contributed by atoms with Gasteiger partial charge in [0.05, 0.1) is 6.54 Å². The van der Waals surface area contributed by atoms with Gasteiger partial charge in [-0.25, -0.2) is 0 Å². The number of benzene rings is 1. The monoisotopic (exact) mass is 298 g/mol. The fraction of sp³-hybridized carbons (Fsp3) is 0.526. The van der Waals surface area contributed by atoms with Crippen LogP contribution in [0.5, 0.6) is 0 Å². The summed E-state index contributed by atoms with van der Waals surface area (Å²) in [7, 11) is 2.00. The number of para-hydroxylation sites is 1. The summed E-state index contributed by atoms with van der Waals surface area (Å²) in [5.41, 5.74) is 1.96. The molecule has 1 heterocycles. The summed E-state index contributed by atoms with van der Waals surface area (Å²) in [6, 6.07) is 8.11. The molecule has 3 nitrogen and oxygen atoms in total. The highest BCUT2D eigenvalue weighted by atomic mass is 16.1. The molecule has 22 heavy (non-hydrogen) atoms. The molecular weight excluding hydrogens is 272 g/mol. The molecule has 0 amide bonds. The van der Waals surface area contributed by atoms with E-state index in [1.165, 1.54) is 38.5 Å². The van der Waals surface area contributed by atoms with Crippen LogP contribution in [0.2, 0.25) is 0 Å².